The van der Waals surface area contributed by atoms with Gasteiger partial charge < -0.3 is 15.4 Å². The van der Waals surface area contributed by atoms with Gasteiger partial charge in [0.2, 0.25) is 0 Å². The lowest BCUT2D eigenvalue weighted by Gasteiger charge is -2.25. The Morgan fingerprint density at radius 2 is 1.81 bits per heavy atom. The summed E-state index contributed by atoms with van der Waals surface area (Å²) >= 11 is 0. The minimum atomic E-state index is 0. The maximum absolute atomic E-state index is 5.85. The zero-order chi connectivity index (χ0) is 13.6. The Kier molecular flexibility index (Phi) is 5.90. The van der Waals surface area contributed by atoms with E-state index in [1.54, 1.807) is 0 Å². The third-order valence-electron chi connectivity index (χ3n) is 3.48. The third-order valence-corrected chi connectivity index (χ3v) is 3.48. The molecule has 4 heteroatoms. The fourth-order valence-corrected chi connectivity index (χ4v) is 2.48. The van der Waals surface area contributed by atoms with Crippen molar-refractivity contribution in [2.45, 2.75) is 18.9 Å². The van der Waals surface area contributed by atoms with Crippen molar-refractivity contribution in [2.75, 3.05) is 18.4 Å². The second-order valence-corrected chi connectivity index (χ2v) is 5.13. The maximum atomic E-state index is 5.85. The molecule has 0 spiro atoms. The summed E-state index contributed by atoms with van der Waals surface area (Å²) in [7, 11) is 0. The number of nitrogens with one attached hydrogen (secondary N) is 2. The monoisotopic (exact) mass is 304 g/mol. The molecular formula is C17H21ClN2O. The summed E-state index contributed by atoms with van der Waals surface area (Å²) in [6.45, 7) is 2.17. The molecule has 0 amide bonds. The van der Waals surface area contributed by atoms with Crippen molar-refractivity contribution in [1.29, 1.82) is 0 Å². The lowest BCUT2D eigenvalue weighted by Crippen LogP contribution is -2.38. The van der Waals surface area contributed by atoms with E-state index in [2.05, 4.69) is 22.8 Å². The lowest BCUT2D eigenvalue weighted by atomic mass is 10.1. The highest BCUT2D eigenvalue weighted by Crippen LogP contribution is 2.24. The highest BCUT2D eigenvalue weighted by atomic mass is 35.5. The predicted molar refractivity (Wildman–Crippen MR) is 89.7 cm³/mol. The number of piperidine rings is 1. The first kappa shape index (κ1) is 15.7. The summed E-state index contributed by atoms with van der Waals surface area (Å²) in [4.78, 5) is 0. The first-order valence-corrected chi connectivity index (χ1v) is 7.20. The molecule has 1 aliphatic heterocycles. The smallest absolute Gasteiger partial charge is 0.129 e. The van der Waals surface area contributed by atoms with Gasteiger partial charge in [-0.25, -0.2) is 0 Å². The van der Waals surface area contributed by atoms with E-state index >= 15 is 0 Å². The SMILES string of the molecule is Cl.c1ccc(Oc2cccc(NC3CCCNC3)c2)cc1. The standard InChI is InChI=1S/C17H20N2O.ClH/c1-2-8-16(9-3-1)20-17-10-4-6-14(12-17)19-15-7-5-11-18-13-15;/h1-4,6,8-10,12,15,18-19H,5,7,11,13H2;1H. The van der Waals surface area contributed by atoms with E-state index < -0.39 is 0 Å². The number of rotatable bonds is 4. The van der Waals surface area contributed by atoms with Crippen LogP contribution in [0.25, 0.3) is 0 Å². The second-order valence-electron chi connectivity index (χ2n) is 5.13. The average Bonchev–Trinajstić information content (AvgIpc) is 2.50. The number of para-hydroxylation sites is 1. The van der Waals surface area contributed by atoms with Crippen LogP contribution < -0.4 is 15.4 Å². The molecular weight excluding hydrogens is 284 g/mol. The first-order chi connectivity index (χ1) is 9.90. The summed E-state index contributed by atoms with van der Waals surface area (Å²) in [5, 5.41) is 6.98. The van der Waals surface area contributed by atoms with Crippen molar-refractivity contribution in [3.8, 4) is 11.5 Å². The zero-order valence-electron chi connectivity index (χ0n) is 11.9. The molecule has 2 aromatic rings. The molecule has 1 unspecified atom stereocenters. The molecule has 0 saturated carbocycles. The van der Waals surface area contributed by atoms with Crippen LogP contribution in [0.5, 0.6) is 11.5 Å². The van der Waals surface area contributed by atoms with Crippen LogP contribution in [-0.4, -0.2) is 19.1 Å². The minimum Gasteiger partial charge on any atom is -0.457 e. The Morgan fingerprint density at radius 3 is 2.57 bits per heavy atom. The van der Waals surface area contributed by atoms with Gasteiger partial charge in [-0.15, -0.1) is 12.4 Å². The van der Waals surface area contributed by atoms with Gasteiger partial charge in [0.15, 0.2) is 0 Å². The van der Waals surface area contributed by atoms with Crippen LogP contribution in [0.4, 0.5) is 5.69 Å². The molecule has 0 aliphatic carbocycles. The molecule has 1 fully saturated rings. The van der Waals surface area contributed by atoms with Crippen molar-refractivity contribution in [2.24, 2.45) is 0 Å². The van der Waals surface area contributed by atoms with Crippen LogP contribution in [0.2, 0.25) is 0 Å². The fourth-order valence-electron chi connectivity index (χ4n) is 2.48. The molecule has 3 rings (SSSR count). The number of halogens is 1. The molecule has 3 nitrogen and oxygen atoms in total. The quantitative estimate of drug-likeness (QED) is 0.893. The normalized spacial score (nSPS) is 17.6. The fraction of sp³-hybridized carbons (Fsp3) is 0.294. The van der Waals surface area contributed by atoms with Gasteiger partial charge in [0.25, 0.3) is 0 Å². The molecule has 21 heavy (non-hydrogen) atoms. The molecule has 1 atom stereocenters. The minimum absolute atomic E-state index is 0. The zero-order valence-corrected chi connectivity index (χ0v) is 12.7. The van der Waals surface area contributed by atoms with Crippen LogP contribution in [0, 0.1) is 0 Å². The molecule has 0 aromatic heterocycles. The van der Waals surface area contributed by atoms with E-state index in [1.807, 2.05) is 42.5 Å². The van der Waals surface area contributed by atoms with Gasteiger partial charge in [0.05, 0.1) is 0 Å². The van der Waals surface area contributed by atoms with Gasteiger partial charge in [-0.2, -0.15) is 0 Å². The molecule has 2 aromatic carbocycles. The van der Waals surface area contributed by atoms with E-state index in [9.17, 15) is 0 Å². The van der Waals surface area contributed by atoms with E-state index in [-0.39, 0.29) is 12.4 Å². The van der Waals surface area contributed by atoms with E-state index in [0.29, 0.717) is 6.04 Å². The number of hydrogen-bond acceptors (Lipinski definition) is 3. The molecule has 0 bridgehead atoms. The van der Waals surface area contributed by atoms with Crippen LogP contribution in [0.3, 0.4) is 0 Å². The Balaban J connectivity index is 0.00000161. The molecule has 1 saturated heterocycles. The summed E-state index contributed by atoms with van der Waals surface area (Å²) in [5.74, 6) is 1.73. The summed E-state index contributed by atoms with van der Waals surface area (Å²) < 4.78 is 5.85. The van der Waals surface area contributed by atoms with E-state index in [1.165, 1.54) is 12.8 Å². The van der Waals surface area contributed by atoms with Crippen molar-refractivity contribution >= 4 is 18.1 Å². The summed E-state index contributed by atoms with van der Waals surface area (Å²) in [6.07, 6.45) is 2.45. The van der Waals surface area contributed by atoms with Gasteiger partial charge in [-0.3, -0.25) is 0 Å². The van der Waals surface area contributed by atoms with Gasteiger partial charge >= 0.3 is 0 Å². The Morgan fingerprint density at radius 1 is 1.00 bits per heavy atom. The van der Waals surface area contributed by atoms with Gasteiger partial charge in [-0.1, -0.05) is 24.3 Å². The second kappa shape index (κ2) is 7.91. The third kappa shape index (κ3) is 4.66. The average molecular weight is 305 g/mol. The number of anilines is 1. The lowest BCUT2D eigenvalue weighted by molar-refractivity contribution is 0.476. The van der Waals surface area contributed by atoms with Crippen LogP contribution >= 0.6 is 12.4 Å². The largest absolute Gasteiger partial charge is 0.457 e. The molecule has 0 radical (unpaired) electrons. The highest BCUT2D eigenvalue weighted by molar-refractivity contribution is 5.85. The van der Waals surface area contributed by atoms with Gasteiger partial charge in [0.1, 0.15) is 11.5 Å². The maximum Gasteiger partial charge on any atom is 0.129 e. The Bertz CT molecular complexity index is 541. The Labute approximate surface area is 132 Å². The van der Waals surface area contributed by atoms with Crippen molar-refractivity contribution in [3.05, 3.63) is 54.6 Å². The highest BCUT2D eigenvalue weighted by Gasteiger charge is 2.12. The van der Waals surface area contributed by atoms with Crippen LogP contribution in [0.15, 0.2) is 54.6 Å². The van der Waals surface area contributed by atoms with Crippen LogP contribution in [-0.2, 0) is 0 Å². The van der Waals surface area contributed by atoms with Crippen molar-refractivity contribution < 1.29 is 4.74 Å². The summed E-state index contributed by atoms with van der Waals surface area (Å²) in [5.41, 5.74) is 1.12. The topological polar surface area (TPSA) is 33.3 Å². The molecule has 1 heterocycles. The Hall–Kier alpha value is -1.71. The first-order valence-electron chi connectivity index (χ1n) is 7.20. The number of ether oxygens (including phenoxy) is 1. The van der Waals surface area contributed by atoms with Crippen molar-refractivity contribution in [3.63, 3.8) is 0 Å². The molecule has 112 valence electrons. The molecule has 2 N–H and O–H groups in total. The van der Waals surface area contributed by atoms with Crippen molar-refractivity contribution in [1.82, 2.24) is 5.32 Å². The number of benzene rings is 2. The number of hydrogen-bond donors (Lipinski definition) is 2. The predicted octanol–water partition coefficient (Wildman–Crippen LogP) is 4.06. The van der Waals surface area contributed by atoms with Gasteiger partial charge in [0, 0.05) is 24.3 Å². The van der Waals surface area contributed by atoms with E-state index in [4.69, 9.17) is 4.74 Å². The summed E-state index contributed by atoms with van der Waals surface area (Å²) in [6, 6.07) is 18.5. The van der Waals surface area contributed by atoms with Crippen LogP contribution in [0.1, 0.15) is 12.8 Å². The van der Waals surface area contributed by atoms with Gasteiger partial charge in [-0.05, 0) is 43.7 Å². The van der Waals surface area contributed by atoms with E-state index in [0.717, 1.165) is 30.3 Å². The molecule has 1 aliphatic rings.